The predicted octanol–water partition coefficient (Wildman–Crippen LogP) is 2.71. The topological polar surface area (TPSA) is 55.1 Å². The zero-order chi connectivity index (χ0) is 12.1. The van der Waals surface area contributed by atoms with Gasteiger partial charge in [0.2, 0.25) is 5.91 Å². The molecule has 3 nitrogen and oxygen atoms in total. The molecule has 0 fully saturated rings. The standard InChI is InChI=1S/C12H17ClN2O/c1-3-4-10(14)12(16)15-11-7-8(2)5-6-9(11)13/h5-7,10H,3-4,14H2,1-2H3,(H,15,16). The first-order valence-corrected chi connectivity index (χ1v) is 5.75. The number of rotatable bonds is 4. The fourth-order valence-electron chi connectivity index (χ4n) is 1.40. The summed E-state index contributed by atoms with van der Waals surface area (Å²) in [6.45, 7) is 3.94. The van der Waals surface area contributed by atoms with Gasteiger partial charge >= 0.3 is 0 Å². The Morgan fingerprint density at radius 3 is 2.88 bits per heavy atom. The van der Waals surface area contributed by atoms with E-state index in [1.807, 2.05) is 26.0 Å². The lowest BCUT2D eigenvalue weighted by Crippen LogP contribution is -2.35. The molecule has 3 N–H and O–H groups in total. The first kappa shape index (κ1) is 13.0. The molecule has 0 bridgehead atoms. The minimum absolute atomic E-state index is 0.186. The molecule has 1 unspecified atom stereocenters. The first-order valence-electron chi connectivity index (χ1n) is 5.37. The third-order valence-corrected chi connectivity index (χ3v) is 2.65. The lowest BCUT2D eigenvalue weighted by Gasteiger charge is -2.12. The summed E-state index contributed by atoms with van der Waals surface area (Å²) < 4.78 is 0. The first-order chi connectivity index (χ1) is 7.54. The van der Waals surface area contributed by atoms with Crippen LogP contribution in [0.25, 0.3) is 0 Å². The van der Waals surface area contributed by atoms with Crippen LogP contribution in [0.3, 0.4) is 0 Å². The highest BCUT2D eigenvalue weighted by molar-refractivity contribution is 6.33. The Morgan fingerprint density at radius 1 is 1.56 bits per heavy atom. The summed E-state index contributed by atoms with van der Waals surface area (Å²) in [5.41, 5.74) is 7.38. The third-order valence-electron chi connectivity index (χ3n) is 2.32. The van der Waals surface area contributed by atoms with Crippen molar-refractivity contribution in [1.29, 1.82) is 0 Å². The van der Waals surface area contributed by atoms with Gasteiger partial charge in [-0.05, 0) is 31.0 Å². The van der Waals surface area contributed by atoms with Gasteiger partial charge in [-0.3, -0.25) is 4.79 Å². The molecule has 1 atom stereocenters. The van der Waals surface area contributed by atoms with Crippen molar-refractivity contribution in [1.82, 2.24) is 0 Å². The maximum atomic E-state index is 11.7. The molecule has 16 heavy (non-hydrogen) atoms. The highest BCUT2D eigenvalue weighted by Gasteiger charge is 2.13. The van der Waals surface area contributed by atoms with Crippen LogP contribution in [0.5, 0.6) is 0 Å². The lowest BCUT2D eigenvalue weighted by atomic mass is 10.1. The maximum Gasteiger partial charge on any atom is 0.241 e. The molecule has 0 aliphatic rings. The van der Waals surface area contributed by atoms with Crippen LogP contribution in [0.1, 0.15) is 25.3 Å². The molecular weight excluding hydrogens is 224 g/mol. The highest BCUT2D eigenvalue weighted by Crippen LogP contribution is 2.22. The van der Waals surface area contributed by atoms with E-state index in [4.69, 9.17) is 17.3 Å². The molecule has 88 valence electrons. The van der Waals surface area contributed by atoms with Gasteiger partial charge in [0.15, 0.2) is 0 Å². The number of anilines is 1. The summed E-state index contributed by atoms with van der Waals surface area (Å²) in [4.78, 5) is 11.7. The van der Waals surface area contributed by atoms with Crippen molar-refractivity contribution in [2.75, 3.05) is 5.32 Å². The van der Waals surface area contributed by atoms with E-state index in [1.165, 1.54) is 0 Å². The van der Waals surface area contributed by atoms with Crippen molar-refractivity contribution in [2.24, 2.45) is 5.73 Å². The van der Waals surface area contributed by atoms with E-state index in [0.717, 1.165) is 12.0 Å². The van der Waals surface area contributed by atoms with Crippen LogP contribution >= 0.6 is 11.6 Å². The van der Waals surface area contributed by atoms with Gasteiger partial charge in [0.05, 0.1) is 16.8 Å². The lowest BCUT2D eigenvalue weighted by molar-refractivity contribution is -0.117. The van der Waals surface area contributed by atoms with E-state index >= 15 is 0 Å². The number of carbonyl (C=O) groups excluding carboxylic acids is 1. The molecule has 0 aliphatic carbocycles. The zero-order valence-corrected chi connectivity index (χ0v) is 10.3. The van der Waals surface area contributed by atoms with E-state index in [-0.39, 0.29) is 5.91 Å². The summed E-state index contributed by atoms with van der Waals surface area (Å²) >= 11 is 5.97. The summed E-state index contributed by atoms with van der Waals surface area (Å²) in [7, 11) is 0. The van der Waals surface area contributed by atoms with Crippen LogP contribution < -0.4 is 11.1 Å². The quantitative estimate of drug-likeness (QED) is 0.850. The maximum absolute atomic E-state index is 11.7. The van der Waals surface area contributed by atoms with Crippen molar-refractivity contribution in [3.05, 3.63) is 28.8 Å². The van der Waals surface area contributed by atoms with Gasteiger partial charge in [-0.2, -0.15) is 0 Å². The number of aryl methyl sites for hydroxylation is 1. The van der Waals surface area contributed by atoms with Gasteiger partial charge < -0.3 is 11.1 Å². The number of halogens is 1. The van der Waals surface area contributed by atoms with Crippen molar-refractivity contribution in [3.8, 4) is 0 Å². The molecule has 1 rings (SSSR count). The number of hydrogen-bond donors (Lipinski definition) is 2. The number of carbonyl (C=O) groups is 1. The Labute approximate surface area is 101 Å². The van der Waals surface area contributed by atoms with Crippen LogP contribution in [-0.4, -0.2) is 11.9 Å². The monoisotopic (exact) mass is 240 g/mol. The molecule has 1 aromatic carbocycles. The fourth-order valence-corrected chi connectivity index (χ4v) is 1.57. The number of nitrogens with one attached hydrogen (secondary N) is 1. The fraction of sp³-hybridized carbons (Fsp3) is 0.417. The Balaban J connectivity index is 2.72. The predicted molar refractivity (Wildman–Crippen MR) is 67.7 cm³/mol. The van der Waals surface area contributed by atoms with E-state index in [9.17, 15) is 4.79 Å². The molecule has 4 heteroatoms. The summed E-state index contributed by atoms with van der Waals surface area (Å²) in [6, 6.07) is 5.02. The van der Waals surface area contributed by atoms with Gasteiger partial charge in [-0.15, -0.1) is 0 Å². The van der Waals surface area contributed by atoms with Crippen LogP contribution in [0.15, 0.2) is 18.2 Å². The van der Waals surface area contributed by atoms with Crippen LogP contribution in [0.4, 0.5) is 5.69 Å². The zero-order valence-electron chi connectivity index (χ0n) is 9.59. The number of amides is 1. The molecule has 0 heterocycles. The number of hydrogen-bond acceptors (Lipinski definition) is 2. The van der Waals surface area contributed by atoms with Crippen LogP contribution in [-0.2, 0) is 4.79 Å². The molecule has 0 spiro atoms. The van der Waals surface area contributed by atoms with Crippen molar-refractivity contribution >= 4 is 23.2 Å². The summed E-state index contributed by atoms with van der Waals surface area (Å²) in [5, 5.41) is 3.27. The van der Waals surface area contributed by atoms with E-state index in [0.29, 0.717) is 17.1 Å². The molecule has 0 radical (unpaired) electrons. The Bertz CT molecular complexity index is 379. The van der Waals surface area contributed by atoms with Crippen LogP contribution in [0, 0.1) is 6.92 Å². The summed E-state index contributed by atoms with van der Waals surface area (Å²) in [6.07, 6.45) is 1.56. The Morgan fingerprint density at radius 2 is 2.25 bits per heavy atom. The van der Waals surface area contributed by atoms with Crippen LogP contribution in [0.2, 0.25) is 5.02 Å². The second-order valence-electron chi connectivity index (χ2n) is 3.87. The van der Waals surface area contributed by atoms with E-state index in [1.54, 1.807) is 6.07 Å². The largest absolute Gasteiger partial charge is 0.323 e. The minimum atomic E-state index is -0.471. The summed E-state index contributed by atoms with van der Waals surface area (Å²) in [5.74, 6) is -0.186. The molecule has 0 aliphatic heterocycles. The van der Waals surface area contributed by atoms with Crippen molar-refractivity contribution in [3.63, 3.8) is 0 Å². The minimum Gasteiger partial charge on any atom is -0.323 e. The van der Waals surface area contributed by atoms with Gasteiger partial charge in [0.1, 0.15) is 0 Å². The van der Waals surface area contributed by atoms with E-state index in [2.05, 4.69) is 5.32 Å². The average molecular weight is 241 g/mol. The second kappa shape index (κ2) is 5.87. The molecule has 0 saturated heterocycles. The molecule has 1 amide bonds. The number of nitrogens with two attached hydrogens (primary N) is 1. The molecule has 1 aromatic rings. The molecule has 0 saturated carbocycles. The van der Waals surface area contributed by atoms with Crippen molar-refractivity contribution in [2.45, 2.75) is 32.7 Å². The SMILES string of the molecule is CCCC(N)C(=O)Nc1cc(C)ccc1Cl. The van der Waals surface area contributed by atoms with Gasteiger partial charge in [-0.25, -0.2) is 0 Å². The third kappa shape index (κ3) is 3.51. The van der Waals surface area contributed by atoms with Gasteiger partial charge in [0, 0.05) is 0 Å². The highest BCUT2D eigenvalue weighted by atomic mass is 35.5. The van der Waals surface area contributed by atoms with E-state index < -0.39 is 6.04 Å². The van der Waals surface area contributed by atoms with Gasteiger partial charge in [-0.1, -0.05) is 31.0 Å². The normalized spacial score (nSPS) is 12.2. The molecule has 0 aromatic heterocycles. The average Bonchev–Trinajstić information content (AvgIpc) is 2.23. The molecular formula is C12H17ClN2O. The Hall–Kier alpha value is -1.06. The number of benzene rings is 1. The van der Waals surface area contributed by atoms with Gasteiger partial charge in [0.25, 0.3) is 0 Å². The Kier molecular flexibility index (Phi) is 4.77. The second-order valence-corrected chi connectivity index (χ2v) is 4.27. The van der Waals surface area contributed by atoms with Crippen molar-refractivity contribution < 1.29 is 4.79 Å². The smallest absolute Gasteiger partial charge is 0.241 e.